The summed E-state index contributed by atoms with van der Waals surface area (Å²) in [7, 11) is 1.66. The van der Waals surface area contributed by atoms with E-state index in [-0.39, 0.29) is 11.3 Å². The standard InChI is InChI=1S/C23H19F2N3O2S/c1-3-31-27-15-5-7-21(30-22-6-4-14(24)10-20(22)25)17(11-15)19-13-28(2)23(29)18-12-26-9-8-16(18)19/h4-13,27H,3H2,1-2H3. The van der Waals surface area contributed by atoms with Crippen molar-refractivity contribution < 1.29 is 13.5 Å². The molecule has 0 aliphatic carbocycles. The Morgan fingerprint density at radius 3 is 2.65 bits per heavy atom. The molecule has 0 fully saturated rings. The molecule has 0 spiro atoms. The molecule has 0 amide bonds. The van der Waals surface area contributed by atoms with Crippen LogP contribution in [0.15, 0.2) is 65.8 Å². The Morgan fingerprint density at radius 1 is 1.06 bits per heavy atom. The highest BCUT2D eigenvalue weighted by molar-refractivity contribution is 8.00. The monoisotopic (exact) mass is 439 g/mol. The summed E-state index contributed by atoms with van der Waals surface area (Å²) in [6.45, 7) is 2.03. The van der Waals surface area contributed by atoms with Crippen molar-refractivity contribution in [1.29, 1.82) is 0 Å². The number of aryl methyl sites for hydroxylation is 1. The number of ether oxygens (including phenoxy) is 1. The third kappa shape index (κ3) is 4.25. The predicted octanol–water partition coefficient (Wildman–Crippen LogP) is 5.75. The van der Waals surface area contributed by atoms with Gasteiger partial charge in [-0.1, -0.05) is 18.9 Å². The molecule has 2 aromatic heterocycles. The highest BCUT2D eigenvalue weighted by Crippen LogP contribution is 2.39. The molecule has 4 rings (SSSR count). The van der Waals surface area contributed by atoms with Crippen molar-refractivity contribution in [2.45, 2.75) is 6.92 Å². The Bertz CT molecular complexity index is 1320. The second-order valence-electron chi connectivity index (χ2n) is 6.80. The zero-order valence-electron chi connectivity index (χ0n) is 16.9. The van der Waals surface area contributed by atoms with Crippen LogP contribution < -0.4 is 15.0 Å². The minimum atomic E-state index is -0.802. The molecule has 5 nitrogen and oxygen atoms in total. The quantitative estimate of drug-likeness (QED) is 0.388. The molecule has 0 unspecified atom stereocenters. The largest absolute Gasteiger partial charge is 0.454 e. The van der Waals surface area contributed by atoms with Gasteiger partial charge in [-0.25, -0.2) is 8.78 Å². The number of hydrogen-bond donors (Lipinski definition) is 1. The van der Waals surface area contributed by atoms with Gasteiger partial charge < -0.3 is 14.0 Å². The number of pyridine rings is 2. The molecule has 31 heavy (non-hydrogen) atoms. The lowest BCUT2D eigenvalue weighted by atomic mass is 10.0. The summed E-state index contributed by atoms with van der Waals surface area (Å²) in [6.07, 6.45) is 4.85. The van der Waals surface area contributed by atoms with E-state index < -0.39 is 11.6 Å². The Hall–Kier alpha value is -3.39. The van der Waals surface area contributed by atoms with Crippen molar-refractivity contribution in [3.8, 4) is 22.6 Å². The lowest BCUT2D eigenvalue weighted by Gasteiger charge is -2.16. The number of aromatic nitrogens is 2. The van der Waals surface area contributed by atoms with Gasteiger partial charge in [-0.2, -0.15) is 0 Å². The van der Waals surface area contributed by atoms with Crippen LogP contribution in [0.5, 0.6) is 11.5 Å². The highest BCUT2D eigenvalue weighted by Gasteiger charge is 2.16. The van der Waals surface area contributed by atoms with Crippen molar-refractivity contribution >= 4 is 28.4 Å². The minimum absolute atomic E-state index is 0.0953. The summed E-state index contributed by atoms with van der Waals surface area (Å²) in [6, 6.07) is 10.3. The van der Waals surface area contributed by atoms with Crippen molar-refractivity contribution in [3.05, 3.63) is 83.0 Å². The SMILES string of the molecule is CCSNc1ccc(Oc2ccc(F)cc2F)c(-c2cn(C)c(=O)c3cnccc23)c1. The van der Waals surface area contributed by atoms with E-state index in [1.165, 1.54) is 28.8 Å². The first-order valence-electron chi connectivity index (χ1n) is 9.56. The highest BCUT2D eigenvalue weighted by atomic mass is 32.2. The number of hydrogen-bond acceptors (Lipinski definition) is 5. The average molecular weight is 439 g/mol. The minimum Gasteiger partial charge on any atom is -0.454 e. The number of fused-ring (bicyclic) bond motifs is 1. The van der Waals surface area contributed by atoms with Gasteiger partial charge in [-0.3, -0.25) is 9.78 Å². The second kappa shape index (κ2) is 8.77. The molecule has 4 aromatic rings. The summed E-state index contributed by atoms with van der Waals surface area (Å²) in [5.74, 6) is -0.346. The number of rotatable bonds is 6. The van der Waals surface area contributed by atoms with Gasteiger partial charge in [0.2, 0.25) is 0 Å². The summed E-state index contributed by atoms with van der Waals surface area (Å²) in [5, 5.41) is 1.16. The zero-order valence-corrected chi connectivity index (χ0v) is 17.7. The Morgan fingerprint density at radius 2 is 1.87 bits per heavy atom. The fourth-order valence-electron chi connectivity index (χ4n) is 3.25. The van der Waals surface area contributed by atoms with Gasteiger partial charge in [0.15, 0.2) is 11.6 Å². The van der Waals surface area contributed by atoms with Gasteiger partial charge in [0, 0.05) is 54.3 Å². The summed E-state index contributed by atoms with van der Waals surface area (Å²) in [5.41, 5.74) is 2.03. The Kier molecular flexibility index (Phi) is 5.90. The maximum Gasteiger partial charge on any atom is 0.259 e. The summed E-state index contributed by atoms with van der Waals surface area (Å²) in [4.78, 5) is 16.6. The third-order valence-corrected chi connectivity index (χ3v) is 5.37. The number of nitrogens with one attached hydrogen (secondary N) is 1. The van der Waals surface area contributed by atoms with Gasteiger partial charge >= 0.3 is 0 Å². The number of halogens is 2. The molecule has 0 atom stereocenters. The number of benzene rings is 2. The normalized spacial score (nSPS) is 11.0. The van der Waals surface area contributed by atoms with Crippen LogP contribution in [0, 0.1) is 11.6 Å². The van der Waals surface area contributed by atoms with Crippen LogP contribution in [0.2, 0.25) is 0 Å². The summed E-state index contributed by atoms with van der Waals surface area (Å²) >= 11 is 1.53. The van der Waals surface area contributed by atoms with E-state index in [9.17, 15) is 13.6 Å². The van der Waals surface area contributed by atoms with Crippen LogP contribution in [0.3, 0.4) is 0 Å². The molecule has 0 bridgehead atoms. The molecule has 0 aliphatic rings. The average Bonchev–Trinajstić information content (AvgIpc) is 2.77. The first-order valence-corrected chi connectivity index (χ1v) is 10.5. The van der Waals surface area contributed by atoms with Crippen LogP contribution >= 0.6 is 11.9 Å². The van der Waals surface area contributed by atoms with E-state index in [0.717, 1.165) is 29.1 Å². The Labute approximate surface area is 181 Å². The van der Waals surface area contributed by atoms with Crippen molar-refractivity contribution in [2.24, 2.45) is 7.05 Å². The molecule has 158 valence electrons. The molecular weight excluding hydrogens is 420 g/mol. The fraction of sp³-hybridized carbons (Fsp3) is 0.130. The van der Waals surface area contributed by atoms with Crippen LogP contribution in [-0.2, 0) is 7.05 Å². The van der Waals surface area contributed by atoms with Crippen LogP contribution in [-0.4, -0.2) is 15.3 Å². The van der Waals surface area contributed by atoms with Crippen LogP contribution in [0.1, 0.15) is 6.92 Å². The fourth-order valence-corrected chi connectivity index (χ4v) is 3.69. The van der Waals surface area contributed by atoms with Gasteiger partial charge in [-0.05, 0) is 41.8 Å². The molecular formula is C23H19F2N3O2S. The van der Waals surface area contributed by atoms with Crippen molar-refractivity contribution in [3.63, 3.8) is 0 Å². The van der Waals surface area contributed by atoms with E-state index in [4.69, 9.17) is 4.74 Å². The van der Waals surface area contributed by atoms with Crippen molar-refractivity contribution in [2.75, 3.05) is 10.5 Å². The Balaban J connectivity index is 1.92. The zero-order chi connectivity index (χ0) is 22.0. The molecule has 0 saturated heterocycles. The van der Waals surface area contributed by atoms with E-state index >= 15 is 0 Å². The maximum absolute atomic E-state index is 14.3. The third-order valence-electron chi connectivity index (χ3n) is 4.70. The molecule has 0 radical (unpaired) electrons. The van der Waals surface area contributed by atoms with Gasteiger partial charge in [0.05, 0.1) is 5.39 Å². The summed E-state index contributed by atoms with van der Waals surface area (Å²) < 4.78 is 38.1. The second-order valence-corrected chi connectivity index (χ2v) is 7.87. The van der Waals surface area contributed by atoms with Gasteiger partial charge in [0.1, 0.15) is 11.6 Å². The molecule has 2 heterocycles. The molecule has 1 N–H and O–H groups in total. The molecule has 0 saturated carbocycles. The first kappa shape index (κ1) is 20.9. The molecule has 0 aliphatic heterocycles. The van der Waals surface area contributed by atoms with Crippen molar-refractivity contribution in [1.82, 2.24) is 9.55 Å². The van der Waals surface area contributed by atoms with E-state index in [1.54, 1.807) is 31.6 Å². The van der Waals surface area contributed by atoms with Crippen LogP contribution in [0.4, 0.5) is 14.5 Å². The van der Waals surface area contributed by atoms with Crippen LogP contribution in [0.25, 0.3) is 21.9 Å². The van der Waals surface area contributed by atoms with E-state index in [2.05, 4.69) is 9.71 Å². The predicted molar refractivity (Wildman–Crippen MR) is 121 cm³/mol. The van der Waals surface area contributed by atoms with Gasteiger partial charge in [-0.15, -0.1) is 0 Å². The molecule has 8 heteroatoms. The first-order chi connectivity index (χ1) is 15.0. The number of nitrogens with zero attached hydrogens (tertiary/aromatic N) is 2. The van der Waals surface area contributed by atoms with E-state index in [1.807, 2.05) is 19.1 Å². The lowest BCUT2D eigenvalue weighted by molar-refractivity contribution is 0.439. The topological polar surface area (TPSA) is 56.1 Å². The smallest absolute Gasteiger partial charge is 0.259 e. The molecule has 2 aromatic carbocycles. The number of anilines is 1. The maximum atomic E-state index is 14.3. The lowest BCUT2D eigenvalue weighted by Crippen LogP contribution is -2.16. The van der Waals surface area contributed by atoms with E-state index in [0.29, 0.717) is 22.1 Å². The van der Waals surface area contributed by atoms with Gasteiger partial charge in [0.25, 0.3) is 5.56 Å².